The van der Waals surface area contributed by atoms with Gasteiger partial charge in [0.1, 0.15) is 6.10 Å². The van der Waals surface area contributed by atoms with Crippen molar-refractivity contribution in [2.24, 2.45) is 4.99 Å². The molecule has 2 rings (SSSR count). The number of methoxy groups -OCH3 is 1. The van der Waals surface area contributed by atoms with Gasteiger partial charge in [0.15, 0.2) is 17.5 Å². The molecule has 0 aliphatic heterocycles. The first-order valence-electron chi connectivity index (χ1n) is 7.81. The highest BCUT2D eigenvalue weighted by atomic mass is 127. The number of aliphatic imine (C=N–C) groups is 1. The maximum absolute atomic E-state index is 13.7. The fourth-order valence-corrected chi connectivity index (χ4v) is 3.17. The third-order valence-corrected chi connectivity index (χ3v) is 4.70. The average molecular weight is 514 g/mol. The maximum atomic E-state index is 13.7. The van der Waals surface area contributed by atoms with Crippen molar-refractivity contribution in [1.82, 2.24) is 10.6 Å². The van der Waals surface area contributed by atoms with E-state index in [9.17, 15) is 9.50 Å². The van der Waals surface area contributed by atoms with E-state index in [1.54, 1.807) is 24.3 Å². The Morgan fingerprint density at radius 3 is 2.69 bits per heavy atom. The zero-order valence-corrected chi connectivity index (χ0v) is 18.4. The Kier molecular flexibility index (Phi) is 10.2. The number of ether oxygens (including phenoxy) is 1. The van der Waals surface area contributed by atoms with Crippen molar-refractivity contribution in [2.45, 2.75) is 19.6 Å². The van der Waals surface area contributed by atoms with E-state index in [4.69, 9.17) is 16.3 Å². The Bertz CT molecular complexity index is 730. The van der Waals surface area contributed by atoms with Crippen molar-refractivity contribution in [2.75, 3.05) is 20.2 Å². The molecule has 0 amide bonds. The topological polar surface area (TPSA) is 65.9 Å². The molecule has 0 bridgehead atoms. The smallest absolute Gasteiger partial charge is 0.191 e. The molecule has 0 aliphatic rings. The van der Waals surface area contributed by atoms with Crippen LogP contribution in [0.25, 0.3) is 0 Å². The molecule has 9 heteroatoms. The summed E-state index contributed by atoms with van der Waals surface area (Å²) in [4.78, 5) is 5.19. The minimum Gasteiger partial charge on any atom is -0.494 e. The molecule has 0 spiro atoms. The number of aliphatic hydroxyl groups is 1. The summed E-state index contributed by atoms with van der Waals surface area (Å²) < 4.78 is 19.3. The normalized spacial score (nSPS) is 12.3. The van der Waals surface area contributed by atoms with Crippen molar-refractivity contribution in [1.29, 1.82) is 0 Å². The van der Waals surface area contributed by atoms with E-state index in [0.717, 1.165) is 10.4 Å². The van der Waals surface area contributed by atoms with E-state index >= 15 is 0 Å². The van der Waals surface area contributed by atoms with E-state index in [1.807, 2.05) is 6.92 Å². The molecule has 1 atom stereocenters. The minimum atomic E-state index is -0.681. The summed E-state index contributed by atoms with van der Waals surface area (Å²) >= 11 is 7.22. The standard InChI is InChI=1S/C17H21ClFN3O2S.HI/c1-3-20-17(22-10-13(23)15-6-7-16(18)25-15)21-9-11-4-5-14(24-2)12(19)8-11;/h4-8,13,23H,3,9-10H2,1-2H3,(H2,20,21,22);1H. The van der Waals surface area contributed by atoms with Gasteiger partial charge in [-0.05, 0) is 36.8 Å². The monoisotopic (exact) mass is 513 g/mol. The van der Waals surface area contributed by atoms with Crippen molar-refractivity contribution in [3.05, 3.63) is 50.9 Å². The number of nitrogens with one attached hydrogen (secondary N) is 2. The van der Waals surface area contributed by atoms with Crippen LogP contribution in [0.15, 0.2) is 35.3 Å². The number of nitrogens with zero attached hydrogens (tertiary/aromatic N) is 1. The second kappa shape index (κ2) is 11.6. The quantitative estimate of drug-likeness (QED) is 0.298. The van der Waals surface area contributed by atoms with Gasteiger partial charge in [0.25, 0.3) is 0 Å². The number of thiophene rings is 1. The Morgan fingerprint density at radius 1 is 1.35 bits per heavy atom. The minimum absolute atomic E-state index is 0. The number of guanidine groups is 1. The Balaban J connectivity index is 0.00000338. The van der Waals surface area contributed by atoms with Crippen LogP contribution in [-0.2, 0) is 6.54 Å². The summed E-state index contributed by atoms with van der Waals surface area (Å²) in [5.74, 6) is 0.328. The Labute approximate surface area is 178 Å². The van der Waals surface area contributed by atoms with Gasteiger partial charge in [0.2, 0.25) is 0 Å². The first-order chi connectivity index (χ1) is 12.0. The van der Waals surface area contributed by atoms with Gasteiger partial charge in [-0.25, -0.2) is 9.38 Å². The van der Waals surface area contributed by atoms with Crippen molar-refractivity contribution < 1.29 is 14.2 Å². The van der Waals surface area contributed by atoms with Crippen LogP contribution < -0.4 is 15.4 Å². The van der Waals surface area contributed by atoms with Gasteiger partial charge in [-0.3, -0.25) is 0 Å². The highest BCUT2D eigenvalue weighted by Crippen LogP contribution is 2.26. The van der Waals surface area contributed by atoms with Gasteiger partial charge in [0.05, 0.1) is 18.0 Å². The second-order valence-corrected chi connectivity index (χ2v) is 6.95. The highest BCUT2D eigenvalue weighted by molar-refractivity contribution is 14.0. The first-order valence-corrected chi connectivity index (χ1v) is 9.00. The number of aliphatic hydroxyl groups excluding tert-OH is 1. The lowest BCUT2D eigenvalue weighted by Crippen LogP contribution is -2.39. The molecule has 1 heterocycles. The van der Waals surface area contributed by atoms with Crippen LogP contribution in [0.3, 0.4) is 0 Å². The van der Waals surface area contributed by atoms with Crippen LogP contribution in [-0.4, -0.2) is 31.3 Å². The van der Waals surface area contributed by atoms with Gasteiger partial charge in [-0.15, -0.1) is 35.3 Å². The Morgan fingerprint density at radius 2 is 2.12 bits per heavy atom. The number of rotatable bonds is 7. The van der Waals surface area contributed by atoms with Crippen LogP contribution in [0.1, 0.15) is 23.5 Å². The lowest BCUT2D eigenvalue weighted by molar-refractivity contribution is 0.184. The molecule has 0 fully saturated rings. The first kappa shape index (κ1) is 22.9. The molecule has 5 nitrogen and oxygen atoms in total. The fraction of sp³-hybridized carbons (Fsp3) is 0.353. The van der Waals surface area contributed by atoms with E-state index in [1.165, 1.54) is 24.5 Å². The molecule has 0 saturated carbocycles. The molecular formula is C17H22ClFIN3O2S. The van der Waals surface area contributed by atoms with Gasteiger partial charge >= 0.3 is 0 Å². The van der Waals surface area contributed by atoms with Crippen molar-refractivity contribution in [3.8, 4) is 5.75 Å². The van der Waals surface area contributed by atoms with Crippen molar-refractivity contribution >= 4 is 52.9 Å². The number of benzene rings is 1. The number of hydrogen-bond acceptors (Lipinski definition) is 4. The highest BCUT2D eigenvalue weighted by Gasteiger charge is 2.11. The molecule has 2 aromatic rings. The molecule has 26 heavy (non-hydrogen) atoms. The summed E-state index contributed by atoms with van der Waals surface area (Å²) in [6, 6.07) is 8.28. The van der Waals surface area contributed by atoms with E-state index in [0.29, 0.717) is 29.9 Å². The van der Waals surface area contributed by atoms with Crippen LogP contribution in [0.2, 0.25) is 4.34 Å². The molecule has 0 saturated heterocycles. The molecule has 144 valence electrons. The lowest BCUT2D eigenvalue weighted by atomic mass is 10.2. The van der Waals surface area contributed by atoms with Crippen LogP contribution >= 0.6 is 46.9 Å². The third-order valence-electron chi connectivity index (χ3n) is 3.37. The second-order valence-electron chi connectivity index (χ2n) is 5.20. The number of hydrogen-bond donors (Lipinski definition) is 3. The van der Waals surface area contributed by atoms with E-state index < -0.39 is 11.9 Å². The largest absolute Gasteiger partial charge is 0.494 e. The lowest BCUT2D eigenvalue weighted by Gasteiger charge is -2.14. The summed E-state index contributed by atoms with van der Waals surface area (Å²) in [5.41, 5.74) is 0.723. The number of halogens is 3. The molecule has 1 unspecified atom stereocenters. The molecular weight excluding hydrogens is 492 g/mol. The van der Waals surface area contributed by atoms with Gasteiger partial charge in [-0.2, -0.15) is 0 Å². The SMILES string of the molecule is CCNC(=NCc1ccc(OC)c(F)c1)NCC(O)c1ccc(Cl)s1.I. The van der Waals surface area contributed by atoms with Gasteiger partial charge < -0.3 is 20.5 Å². The molecule has 3 N–H and O–H groups in total. The van der Waals surface area contributed by atoms with Crippen LogP contribution in [0.5, 0.6) is 5.75 Å². The summed E-state index contributed by atoms with van der Waals surface area (Å²) in [5, 5.41) is 16.3. The van der Waals surface area contributed by atoms with E-state index in [-0.39, 0.29) is 29.7 Å². The Hall–Kier alpha value is -1.10. The molecule has 1 aromatic carbocycles. The predicted octanol–water partition coefficient (Wildman–Crippen LogP) is 3.96. The zero-order valence-electron chi connectivity index (χ0n) is 14.5. The average Bonchev–Trinajstić information content (AvgIpc) is 3.03. The summed E-state index contributed by atoms with van der Waals surface area (Å²) in [6.07, 6.45) is -0.681. The van der Waals surface area contributed by atoms with Gasteiger partial charge in [0, 0.05) is 18.0 Å². The summed E-state index contributed by atoms with van der Waals surface area (Å²) in [6.45, 7) is 3.21. The molecule has 1 aromatic heterocycles. The van der Waals surface area contributed by atoms with Crippen molar-refractivity contribution in [3.63, 3.8) is 0 Å². The van der Waals surface area contributed by atoms with Crippen LogP contribution in [0.4, 0.5) is 4.39 Å². The predicted molar refractivity (Wildman–Crippen MR) is 115 cm³/mol. The summed E-state index contributed by atoms with van der Waals surface area (Å²) in [7, 11) is 1.43. The molecule has 0 aliphatic carbocycles. The van der Waals surface area contributed by atoms with Crippen LogP contribution in [0, 0.1) is 5.82 Å². The van der Waals surface area contributed by atoms with E-state index in [2.05, 4.69) is 15.6 Å². The maximum Gasteiger partial charge on any atom is 0.191 e. The van der Waals surface area contributed by atoms with Gasteiger partial charge in [-0.1, -0.05) is 17.7 Å². The molecule has 0 radical (unpaired) electrons. The fourth-order valence-electron chi connectivity index (χ4n) is 2.12. The third kappa shape index (κ3) is 6.90. The zero-order chi connectivity index (χ0) is 18.2.